The van der Waals surface area contributed by atoms with Crippen LogP contribution in [0.5, 0.6) is 0 Å². The minimum atomic E-state index is -0.0125. The lowest BCUT2D eigenvalue weighted by Crippen LogP contribution is -2.31. The molecule has 1 heterocycles. The van der Waals surface area contributed by atoms with Crippen molar-refractivity contribution in [2.75, 3.05) is 6.61 Å². The van der Waals surface area contributed by atoms with Gasteiger partial charge in [-0.1, -0.05) is 12.2 Å². The molecule has 1 aliphatic heterocycles. The average molecular weight is 152 g/mol. The number of ether oxygens (including phenoxy) is 1. The summed E-state index contributed by atoms with van der Waals surface area (Å²) in [5.74, 6) is 1.17. The van der Waals surface area contributed by atoms with Gasteiger partial charge in [-0.15, -0.1) is 0 Å². The maximum absolute atomic E-state index is 10.9. The highest BCUT2D eigenvalue weighted by Gasteiger charge is 2.30. The van der Waals surface area contributed by atoms with Crippen LogP contribution in [0.4, 0.5) is 0 Å². The quantitative estimate of drug-likeness (QED) is 0.388. The van der Waals surface area contributed by atoms with Crippen molar-refractivity contribution in [3.05, 3.63) is 12.2 Å². The molecule has 0 bridgehead atoms. The smallest absolute Gasteiger partial charge is 0.306 e. The molecule has 2 unspecified atom stereocenters. The molecule has 0 aromatic carbocycles. The van der Waals surface area contributed by atoms with Gasteiger partial charge in [0.25, 0.3) is 0 Å². The molecule has 0 N–H and O–H groups in total. The van der Waals surface area contributed by atoms with E-state index in [1.807, 2.05) is 0 Å². The van der Waals surface area contributed by atoms with Crippen molar-refractivity contribution in [2.24, 2.45) is 11.8 Å². The van der Waals surface area contributed by atoms with E-state index in [4.69, 9.17) is 4.74 Å². The van der Waals surface area contributed by atoms with Gasteiger partial charge in [-0.25, -0.2) is 0 Å². The van der Waals surface area contributed by atoms with Gasteiger partial charge in [-0.2, -0.15) is 0 Å². The Kier molecular flexibility index (Phi) is 1.68. The minimum Gasteiger partial charge on any atom is -0.465 e. The van der Waals surface area contributed by atoms with Gasteiger partial charge in [-0.05, 0) is 18.8 Å². The summed E-state index contributed by atoms with van der Waals surface area (Å²) >= 11 is 0. The van der Waals surface area contributed by atoms with Crippen molar-refractivity contribution in [1.82, 2.24) is 0 Å². The summed E-state index contributed by atoms with van der Waals surface area (Å²) in [5, 5.41) is 0. The molecule has 0 spiro atoms. The fraction of sp³-hybridized carbons (Fsp3) is 0.667. The Bertz CT molecular complexity index is 196. The van der Waals surface area contributed by atoms with Crippen LogP contribution >= 0.6 is 0 Å². The van der Waals surface area contributed by atoms with E-state index >= 15 is 0 Å². The number of carbonyl (C=O) groups is 1. The summed E-state index contributed by atoms with van der Waals surface area (Å²) < 4.78 is 4.97. The fourth-order valence-corrected chi connectivity index (χ4v) is 1.85. The summed E-state index contributed by atoms with van der Waals surface area (Å²) in [6.45, 7) is 0.647. The average Bonchev–Trinajstić information content (AvgIpc) is 2.04. The number of hydrogen-bond donors (Lipinski definition) is 0. The van der Waals surface area contributed by atoms with Crippen LogP contribution in [-0.4, -0.2) is 12.6 Å². The SMILES string of the molecule is O=C1CC2CC=CCC2CO1. The third kappa shape index (κ3) is 1.30. The maximum atomic E-state index is 10.9. The zero-order valence-electron chi connectivity index (χ0n) is 6.45. The van der Waals surface area contributed by atoms with Crippen molar-refractivity contribution < 1.29 is 9.53 Å². The van der Waals surface area contributed by atoms with Gasteiger partial charge in [0.15, 0.2) is 0 Å². The number of hydrogen-bond acceptors (Lipinski definition) is 2. The van der Waals surface area contributed by atoms with E-state index in [1.54, 1.807) is 0 Å². The molecule has 0 amide bonds. The van der Waals surface area contributed by atoms with Crippen molar-refractivity contribution in [3.63, 3.8) is 0 Å². The Balaban J connectivity index is 2.06. The summed E-state index contributed by atoms with van der Waals surface area (Å²) in [5.41, 5.74) is 0. The zero-order chi connectivity index (χ0) is 7.68. The number of carbonyl (C=O) groups excluding carboxylic acids is 1. The molecule has 2 heteroatoms. The number of fused-ring (bicyclic) bond motifs is 1. The molecule has 2 nitrogen and oxygen atoms in total. The maximum Gasteiger partial charge on any atom is 0.306 e. The summed E-state index contributed by atoms with van der Waals surface area (Å²) in [6.07, 6.45) is 7.17. The van der Waals surface area contributed by atoms with Gasteiger partial charge in [0, 0.05) is 12.3 Å². The third-order valence-corrected chi connectivity index (χ3v) is 2.60. The lowest BCUT2D eigenvalue weighted by Gasteiger charge is -2.31. The first-order valence-corrected chi connectivity index (χ1v) is 4.17. The zero-order valence-corrected chi connectivity index (χ0v) is 6.45. The molecule has 1 saturated heterocycles. The van der Waals surface area contributed by atoms with Gasteiger partial charge in [0.2, 0.25) is 0 Å². The van der Waals surface area contributed by atoms with Crippen LogP contribution < -0.4 is 0 Å². The Morgan fingerprint density at radius 3 is 2.82 bits per heavy atom. The lowest BCUT2D eigenvalue weighted by molar-refractivity contribution is -0.152. The number of cyclic esters (lactones) is 1. The topological polar surface area (TPSA) is 26.3 Å². The molecule has 0 aromatic heterocycles. The van der Waals surface area contributed by atoms with Crippen molar-refractivity contribution >= 4 is 5.97 Å². The van der Waals surface area contributed by atoms with Gasteiger partial charge in [0.05, 0.1) is 6.61 Å². The van der Waals surface area contributed by atoms with Gasteiger partial charge in [0.1, 0.15) is 0 Å². The molecule has 0 saturated carbocycles. The second kappa shape index (κ2) is 2.68. The standard InChI is InChI=1S/C9H12O2/c10-9-5-7-3-1-2-4-8(7)6-11-9/h1-2,7-8H,3-6H2. The highest BCUT2D eigenvalue weighted by Crippen LogP contribution is 2.31. The number of rotatable bonds is 0. The highest BCUT2D eigenvalue weighted by molar-refractivity contribution is 5.70. The molecule has 11 heavy (non-hydrogen) atoms. The van der Waals surface area contributed by atoms with E-state index in [2.05, 4.69) is 12.2 Å². The molecule has 0 aromatic rings. The number of esters is 1. The van der Waals surface area contributed by atoms with E-state index in [0.717, 1.165) is 12.8 Å². The first-order valence-electron chi connectivity index (χ1n) is 4.17. The van der Waals surface area contributed by atoms with Gasteiger partial charge < -0.3 is 4.74 Å². The molecule has 2 atom stereocenters. The summed E-state index contributed by atoms with van der Waals surface area (Å²) in [7, 11) is 0. The predicted molar refractivity (Wildman–Crippen MR) is 40.9 cm³/mol. The van der Waals surface area contributed by atoms with E-state index in [1.165, 1.54) is 0 Å². The largest absolute Gasteiger partial charge is 0.465 e. The van der Waals surface area contributed by atoms with Crippen molar-refractivity contribution in [1.29, 1.82) is 0 Å². The predicted octanol–water partition coefficient (Wildman–Crippen LogP) is 1.52. The van der Waals surface area contributed by atoms with Crippen LogP contribution in [0.15, 0.2) is 12.2 Å². The van der Waals surface area contributed by atoms with E-state index in [9.17, 15) is 4.79 Å². The lowest BCUT2D eigenvalue weighted by atomic mass is 9.80. The van der Waals surface area contributed by atoms with Gasteiger partial charge >= 0.3 is 5.97 Å². The highest BCUT2D eigenvalue weighted by atomic mass is 16.5. The second-order valence-electron chi connectivity index (χ2n) is 3.35. The van der Waals surface area contributed by atoms with Crippen LogP contribution in [0.25, 0.3) is 0 Å². The summed E-state index contributed by atoms with van der Waals surface area (Å²) in [6, 6.07) is 0. The molecular formula is C9H12O2. The fourth-order valence-electron chi connectivity index (χ4n) is 1.85. The summed E-state index contributed by atoms with van der Waals surface area (Å²) in [4.78, 5) is 10.9. The monoisotopic (exact) mass is 152 g/mol. The molecule has 2 aliphatic rings. The third-order valence-electron chi connectivity index (χ3n) is 2.60. The Morgan fingerprint density at radius 1 is 1.27 bits per heavy atom. The van der Waals surface area contributed by atoms with Gasteiger partial charge in [-0.3, -0.25) is 4.79 Å². The van der Waals surface area contributed by atoms with Crippen LogP contribution in [0.1, 0.15) is 19.3 Å². The Morgan fingerprint density at radius 2 is 2.00 bits per heavy atom. The second-order valence-corrected chi connectivity index (χ2v) is 3.35. The Hall–Kier alpha value is -0.790. The Labute approximate surface area is 66.2 Å². The van der Waals surface area contributed by atoms with E-state index < -0.39 is 0 Å². The minimum absolute atomic E-state index is 0.0125. The van der Waals surface area contributed by atoms with Crippen molar-refractivity contribution in [3.8, 4) is 0 Å². The molecule has 0 radical (unpaired) electrons. The van der Waals surface area contributed by atoms with Crippen LogP contribution in [0.3, 0.4) is 0 Å². The molecule has 1 fully saturated rings. The normalized spacial score (nSPS) is 36.2. The van der Waals surface area contributed by atoms with Crippen LogP contribution in [0.2, 0.25) is 0 Å². The van der Waals surface area contributed by atoms with Crippen LogP contribution in [0, 0.1) is 11.8 Å². The number of allylic oxidation sites excluding steroid dienone is 2. The first-order chi connectivity index (χ1) is 5.36. The van der Waals surface area contributed by atoms with Crippen molar-refractivity contribution in [2.45, 2.75) is 19.3 Å². The van der Waals surface area contributed by atoms with E-state index in [-0.39, 0.29) is 5.97 Å². The first kappa shape index (κ1) is 6.89. The molecular weight excluding hydrogens is 140 g/mol. The van der Waals surface area contributed by atoms with E-state index in [0.29, 0.717) is 24.9 Å². The molecule has 2 rings (SSSR count). The molecule has 60 valence electrons. The van der Waals surface area contributed by atoms with Crippen LogP contribution in [-0.2, 0) is 9.53 Å². The molecule has 1 aliphatic carbocycles.